The highest BCUT2D eigenvalue weighted by Gasteiger charge is 2.14. The number of rotatable bonds is 8. The van der Waals surface area contributed by atoms with E-state index in [0.29, 0.717) is 12.3 Å². The molecule has 0 N–H and O–H groups in total. The monoisotopic (exact) mass is 389 g/mol. The van der Waals surface area contributed by atoms with Gasteiger partial charge in [0.15, 0.2) is 13.2 Å². The number of ether oxygens (including phenoxy) is 2. The quantitative estimate of drug-likeness (QED) is 0.548. The summed E-state index contributed by atoms with van der Waals surface area (Å²) in [7, 11) is 1.68. The smallest absolute Gasteiger partial charge is 0.344 e. The summed E-state index contributed by atoms with van der Waals surface area (Å²) in [6.45, 7) is -0.121. The number of nitrogens with zero attached hydrogens (tertiary/aromatic N) is 1. The fourth-order valence-electron chi connectivity index (χ4n) is 2.82. The highest BCUT2D eigenvalue weighted by molar-refractivity contribution is 5.81. The molecular formula is C24H23NO4. The molecule has 0 aliphatic heterocycles. The molecule has 3 aromatic rings. The minimum Gasteiger partial charge on any atom is -0.481 e. The van der Waals surface area contributed by atoms with Crippen molar-refractivity contribution in [2.24, 2.45) is 0 Å². The lowest BCUT2D eigenvalue weighted by Crippen LogP contribution is -2.31. The number of amides is 1. The number of likely N-dealkylation sites (N-methyl/N-ethyl adjacent to an activating group) is 1. The molecule has 148 valence electrons. The Kier molecular flexibility index (Phi) is 7.00. The van der Waals surface area contributed by atoms with Crippen LogP contribution in [0.3, 0.4) is 0 Å². The van der Waals surface area contributed by atoms with Gasteiger partial charge in [-0.05, 0) is 17.2 Å². The molecule has 0 aliphatic rings. The molecule has 5 heteroatoms. The van der Waals surface area contributed by atoms with Crippen LogP contribution < -0.4 is 4.74 Å². The fourth-order valence-corrected chi connectivity index (χ4v) is 2.82. The third-order valence-corrected chi connectivity index (χ3v) is 4.36. The van der Waals surface area contributed by atoms with Crippen molar-refractivity contribution in [2.75, 3.05) is 20.3 Å². The SMILES string of the molecule is CN(Cc1ccccc1)C(=O)COC(=O)COc1ccccc1-c1ccccc1. The van der Waals surface area contributed by atoms with Crippen LogP contribution in [0.4, 0.5) is 0 Å². The topological polar surface area (TPSA) is 55.8 Å². The van der Waals surface area contributed by atoms with E-state index in [9.17, 15) is 9.59 Å². The number of hydrogen-bond acceptors (Lipinski definition) is 4. The zero-order valence-electron chi connectivity index (χ0n) is 16.3. The van der Waals surface area contributed by atoms with Crippen LogP contribution in [-0.4, -0.2) is 37.0 Å². The van der Waals surface area contributed by atoms with Crippen LogP contribution in [-0.2, 0) is 20.9 Å². The van der Waals surface area contributed by atoms with Crippen molar-refractivity contribution in [1.29, 1.82) is 0 Å². The zero-order chi connectivity index (χ0) is 20.5. The number of para-hydroxylation sites is 1. The van der Waals surface area contributed by atoms with E-state index in [-0.39, 0.29) is 19.1 Å². The molecule has 1 amide bonds. The third-order valence-electron chi connectivity index (χ3n) is 4.36. The minimum atomic E-state index is -0.589. The van der Waals surface area contributed by atoms with Gasteiger partial charge in [0.2, 0.25) is 0 Å². The van der Waals surface area contributed by atoms with Gasteiger partial charge < -0.3 is 14.4 Å². The first kappa shape index (κ1) is 20.1. The zero-order valence-corrected chi connectivity index (χ0v) is 16.3. The standard InChI is InChI=1S/C24H23NO4/c1-25(16-19-10-4-2-5-11-19)23(26)17-29-24(27)18-28-22-15-9-8-14-21(22)20-12-6-3-7-13-20/h2-15H,16-18H2,1H3. The van der Waals surface area contributed by atoms with Crippen molar-refractivity contribution < 1.29 is 19.1 Å². The summed E-state index contributed by atoms with van der Waals surface area (Å²) in [6, 6.07) is 26.9. The van der Waals surface area contributed by atoms with Crippen molar-refractivity contribution >= 4 is 11.9 Å². The fraction of sp³-hybridized carbons (Fsp3) is 0.167. The first-order valence-electron chi connectivity index (χ1n) is 9.34. The molecule has 0 radical (unpaired) electrons. The van der Waals surface area contributed by atoms with E-state index in [1.807, 2.05) is 78.9 Å². The lowest BCUT2D eigenvalue weighted by Gasteiger charge is -2.17. The van der Waals surface area contributed by atoms with E-state index in [4.69, 9.17) is 9.47 Å². The van der Waals surface area contributed by atoms with E-state index >= 15 is 0 Å². The Morgan fingerprint density at radius 1 is 0.793 bits per heavy atom. The van der Waals surface area contributed by atoms with Gasteiger partial charge in [0.1, 0.15) is 5.75 Å². The van der Waals surface area contributed by atoms with Crippen LogP contribution >= 0.6 is 0 Å². The number of hydrogen-bond donors (Lipinski definition) is 0. The number of carbonyl (C=O) groups excluding carboxylic acids is 2. The first-order valence-corrected chi connectivity index (χ1v) is 9.34. The average molecular weight is 389 g/mol. The maximum Gasteiger partial charge on any atom is 0.344 e. The van der Waals surface area contributed by atoms with Gasteiger partial charge in [-0.2, -0.15) is 0 Å². The molecule has 3 rings (SSSR count). The highest BCUT2D eigenvalue weighted by Crippen LogP contribution is 2.29. The summed E-state index contributed by atoms with van der Waals surface area (Å²) < 4.78 is 10.7. The Morgan fingerprint density at radius 3 is 2.14 bits per heavy atom. The van der Waals surface area contributed by atoms with Crippen LogP contribution in [0.2, 0.25) is 0 Å². The van der Waals surface area contributed by atoms with Gasteiger partial charge in [-0.1, -0.05) is 78.9 Å². The van der Waals surface area contributed by atoms with Crippen molar-refractivity contribution in [2.45, 2.75) is 6.54 Å². The molecule has 29 heavy (non-hydrogen) atoms. The van der Waals surface area contributed by atoms with E-state index in [1.54, 1.807) is 13.1 Å². The lowest BCUT2D eigenvalue weighted by molar-refractivity contribution is -0.153. The minimum absolute atomic E-state index is 0.264. The molecule has 3 aromatic carbocycles. The summed E-state index contributed by atoms with van der Waals surface area (Å²) in [5, 5.41) is 0. The Bertz CT molecular complexity index is 941. The van der Waals surface area contributed by atoms with Crippen molar-refractivity contribution in [3.63, 3.8) is 0 Å². The van der Waals surface area contributed by atoms with Gasteiger partial charge in [0, 0.05) is 19.2 Å². The van der Waals surface area contributed by atoms with Crippen LogP contribution in [0.25, 0.3) is 11.1 Å². The predicted molar refractivity (Wildman–Crippen MR) is 111 cm³/mol. The van der Waals surface area contributed by atoms with Crippen LogP contribution in [0.5, 0.6) is 5.75 Å². The number of benzene rings is 3. The molecule has 0 aliphatic carbocycles. The second kappa shape index (κ2) is 10.1. The van der Waals surface area contributed by atoms with Crippen LogP contribution in [0.15, 0.2) is 84.9 Å². The summed E-state index contributed by atoms with van der Waals surface area (Å²) in [5.74, 6) is -0.274. The van der Waals surface area contributed by atoms with Gasteiger partial charge in [-0.25, -0.2) is 4.79 Å². The molecule has 5 nitrogen and oxygen atoms in total. The first-order chi connectivity index (χ1) is 14.1. The Hall–Kier alpha value is -3.60. The van der Waals surface area contributed by atoms with E-state index in [2.05, 4.69) is 0 Å². The number of carbonyl (C=O) groups is 2. The summed E-state index contributed by atoms with van der Waals surface area (Å²) >= 11 is 0. The van der Waals surface area contributed by atoms with Crippen LogP contribution in [0, 0.1) is 0 Å². The average Bonchev–Trinajstić information content (AvgIpc) is 2.77. The van der Waals surface area contributed by atoms with Gasteiger partial charge >= 0.3 is 5.97 Å². The maximum atomic E-state index is 12.2. The molecule has 0 saturated heterocycles. The van der Waals surface area contributed by atoms with Gasteiger partial charge in [0.05, 0.1) is 0 Å². The molecule has 0 bridgehead atoms. The third kappa shape index (κ3) is 5.94. The lowest BCUT2D eigenvalue weighted by atomic mass is 10.1. The molecule has 0 saturated carbocycles. The molecule has 0 heterocycles. The summed E-state index contributed by atoms with van der Waals surface area (Å²) in [5.41, 5.74) is 2.89. The normalized spacial score (nSPS) is 10.2. The largest absolute Gasteiger partial charge is 0.481 e. The van der Waals surface area contributed by atoms with Crippen molar-refractivity contribution in [3.8, 4) is 16.9 Å². The summed E-state index contributed by atoms with van der Waals surface area (Å²) in [4.78, 5) is 25.7. The predicted octanol–water partition coefficient (Wildman–Crippen LogP) is 3.93. The van der Waals surface area contributed by atoms with Crippen molar-refractivity contribution in [3.05, 3.63) is 90.5 Å². The number of esters is 1. The molecular weight excluding hydrogens is 366 g/mol. The van der Waals surface area contributed by atoms with Crippen LogP contribution in [0.1, 0.15) is 5.56 Å². The second-order valence-corrected chi connectivity index (χ2v) is 6.55. The summed E-state index contributed by atoms with van der Waals surface area (Å²) in [6.07, 6.45) is 0. The molecule has 0 atom stereocenters. The molecule has 0 aromatic heterocycles. The van der Waals surface area contributed by atoms with E-state index < -0.39 is 5.97 Å². The highest BCUT2D eigenvalue weighted by atomic mass is 16.6. The van der Waals surface area contributed by atoms with Gasteiger partial charge in [-0.3, -0.25) is 4.79 Å². The van der Waals surface area contributed by atoms with E-state index in [1.165, 1.54) is 4.90 Å². The second-order valence-electron chi connectivity index (χ2n) is 6.55. The Labute approximate surface area is 170 Å². The Balaban J connectivity index is 1.49. The molecule has 0 spiro atoms. The van der Waals surface area contributed by atoms with E-state index in [0.717, 1.165) is 16.7 Å². The van der Waals surface area contributed by atoms with Crippen molar-refractivity contribution in [1.82, 2.24) is 4.90 Å². The maximum absolute atomic E-state index is 12.2. The van der Waals surface area contributed by atoms with Gasteiger partial charge in [-0.15, -0.1) is 0 Å². The Morgan fingerprint density at radius 2 is 1.41 bits per heavy atom. The van der Waals surface area contributed by atoms with Gasteiger partial charge in [0.25, 0.3) is 5.91 Å². The molecule has 0 unspecified atom stereocenters. The molecule has 0 fully saturated rings.